The van der Waals surface area contributed by atoms with Crippen LogP contribution in [-0.2, 0) is 13.1 Å². The van der Waals surface area contributed by atoms with Gasteiger partial charge < -0.3 is 10.2 Å². The molecule has 1 unspecified atom stereocenters. The number of rotatable bonds is 8. The highest BCUT2D eigenvalue weighted by atomic mass is 15.3. The standard InChI is InChI=1S/C14H28N4/c1-6-9-18-13(7-8-16-18)10-15-14(12(2)3)11-17(4)5/h7-8,12,14-15H,6,9-11H2,1-5H3. The Balaban J connectivity index is 2.53. The van der Waals surface area contributed by atoms with Crippen LogP contribution in [0, 0.1) is 5.92 Å². The Kier molecular flexibility index (Phi) is 6.36. The van der Waals surface area contributed by atoms with Gasteiger partial charge in [0.05, 0.1) is 5.69 Å². The van der Waals surface area contributed by atoms with E-state index < -0.39 is 0 Å². The zero-order chi connectivity index (χ0) is 13.5. The van der Waals surface area contributed by atoms with E-state index in [4.69, 9.17) is 0 Å². The van der Waals surface area contributed by atoms with Gasteiger partial charge in [0.15, 0.2) is 0 Å². The maximum absolute atomic E-state index is 4.36. The molecule has 104 valence electrons. The van der Waals surface area contributed by atoms with E-state index in [9.17, 15) is 0 Å². The summed E-state index contributed by atoms with van der Waals surface area (Å²) in [5, 5.41) is 8.01. The molecule has 0 bridgehead atoms. The third-order valence-corrected chi connectivity index (χ3v) is 3.15. The maximum Gasteiger partial charge on any atom is 0.0522 e. The van der Waals surface area contributed by atoms with Crippen LogP contribution < -0.4 is 5.32 Å². The van der Waals surface area contributed by atoms with Crippen molar-refractivity contribution in [2.75, 3.05) is 20.6 Å². The molecule has 0 aliphatic heterocycles. The number of nitrogens with one attached hydrogen (secondary N) is 1. The average molecular weight is 252 g/mol. The molecule has 18 heavy (non-hydrogen) atoms. The van der Waals surface area contributed by atoms with Crippen LogP contribution in [0.4, 0.5) is 0 Å². The second kappa shape index (κ2) is 7.54. The van der Waals surface area contributed by atoms with Crippen LogP contribution in [0.1, 0.15) is 32.9 Å². The number of aryl methyl sites for hydroxylation is 1. The average Bonchev–Trinajstić information content (AvgIpc) is 2.71. The monoisotopic (exact) mass is 252 g/mol. The van der Waals surface area contributed by atoms with Gasteiger partial charge in [-0.1, -0.05) is 20.8 Å². The highest BCUT2D eigenvalue weighted by molar-refractivity contribution is 5.00. The lowest BCUT2D eigenvalue weighted by Crippen LogP contribution is -2.41. The molecule has 0 aliphatic carbocycles. The van der Waals surface area contributed by atoms with Crippen LogP contribution in [-0.4, -0.2) is 41.4 Å². The summed E-state index contributed by atoms with van der Waals surface area (Å²) in [6, 6.07) is 2.63. The molecule has 0 aromatic carbocycles. The van der Waals surface area contributed by atoms with Gasteiger partial charge in [0, 0.05) is 31.9 Å². The first-order valence-electron chi connectivity index (χ1n) is 6.93. The fourth-order valence-corrected chi connectivity index (χ4v) is 2.06. The predicted octanol–water partition coefficient (Wildman–Crippen LogP) is 1.97. The second-order valence-corrected chi connectivity index (χ2v) is 5.54. The third-order valence-electron chi connectivity index (χ3n) is 3.15. The molecule has 0 saturated carbocycles. The lowest BCUT2D eigenvalue weighted by Gasteiger charge is -2.25. The van der Waals surface area contributed by atoms with Gasteiger partial charge in [0.25, 0.3) is 0 Å². The Morgan fingerprint density at radius 3 is 2.67 bits per heavy atom. The van der Waals surface area contributed by atoms with Crippen molar-refractivity contribution >= 4 is 0 Å². The van der Waals surface area contributed by atoms with Crippen molar-refractivity contribution in [2.45, 2.75) is 46.3 Å². The Bertz CT molecular complexity index is 330. The van der Waals surface area contributed by atoms with Crippen LogP contribution in [0.25, 0.3) is 0 Å². The van der Waals surface area contributed by atoms with Crippen molar-refractivity contribution in [3.8, 4) is 0 Å². The molecule has 1 aromatic rings. The van der Waals surface area contributed by atoms with Gasteiger partial charge in [0.1, 0.15) is 0 Å². The molecular weight excluding hydrogens is 224 g/mol. The molecule has 0 spiro atoms. The Morgan fingerprint density at radius 1 is 1.39 bits per heavy atom. The molecule has 0 fully saturated rings. The first-order valence-corrected chi connectivity index (χ1v) is 6.93. The fraction of sp³-hybridized carbons (Fsp3) is 0.786. The van der Waals surface area contributed by atoms with Gasteiger partial charge in [-0.15, -0.1) is 0 Å². The summed E-state index contributed by atoms with van der Waals surface area (Å²) in [5.41, 5.74) is 1.28. The molecule has 0 amide bonds. The highest BCUT2D eigenvalue weighted by Crippen LogP contribution is 2.06. The molecule has 0 saturated heterocycles. The van der Waals surface area contributed by atoms with E-state index in [1.807, 2.05) is 6.20 Å². The number of hydrogen-bond donors (Lipinski definition) is 1. The van der Waals surface area contributed by atoms with Gasteiger partial charge in [-0.25, -0.2) is 0 Å². The second-order valence-electron chi connectivity index (χ2n) is 5.54. The van der Waals surface area contributed by atoms with Crippen molar-refractivity contribution in [1.82, 2.24) is 20.0 Å². The van der Waals surface area contributed by atoms with Gasteiger partial charge in [0.2, 0.25) is 0 Å². The molecule has 4 nitrogen and oxygen atoms in total. The number of aromatic nitrogens is 2. The normalized spacial score (nSPS) is 13.5. The smallest absolute Gasteiger partial charge is 0.0522 e. The van der Waals surface area contributed by atoms with E-state index in [1.54, 1.807) is 0 Å². The minimum absolute atomic E-state index is 0.518. The summed E-state index contributed by atoms with van der Waals surface area (Å²) in [5.74, 6) is 0.634. The molecule has 1 heterocycles. The molecule has 0 aliphatic rings. The van der Waals surface area contributed by atoms with Crippen LogP contribution in [0.2, 0.25) is 0 Å². The van der Waals surface area contributed by atoms with E-state index in [0.29, 0.717) is 12.0 Å². The zero-order valence-corrected chi connectivity index (χ0v) is 12.5. The first-order chi connectivity index (χ1) is 8.54. The van der Waals surface area contributed by atoms with Gasteiger partial charge in [-0.3, -0.25) is 4.68 Å². The molecule has 0 radical (unpaired) electrons. The molecule has 1 rings (SSSR count). The molecule has 4 heteroatoms. The Morgan fingerprint density at radius 2 is 2.11 bits per heavy atom. The SMILES string of the molecule is CCCn1nccc1CNC(CN(C)C)C(C)C. The van der Waals surface area contributed by atoms with E-state index in [1.165, 1.54) is 5.69 Å². The van der Waals surface area contributed by atoms with Gasteiger partial charge in [-0.2, -0.15) is 5.10 Å². The summed E-state index contributed by atoms with van der Waals surface area (Å²) >= 11 is 0. The van der Waals surface area contributed by atoms with Crippen molar-refractivity contribution in [2.24, 2.45) is 5.92 Å². The lowest BCUT2D eigenvalue weighted by atomic mass is 10.0. The van der Waals surface area contributed by atoms with Crippen molar-refractivity contribution < 1.29 is 0 Å². The summed E-state index contributed by atoms with van der Waals surface area (Å²) in [6.07, 6.45) is 3.02. The minimum atomic E-state index is 0.518. The quantitative estimate of drug-likeness (QED) is 0.768. The van der Waals surface area contributed by atoms with Gasteiger partial charge in [-0.05, 0) is 32.5 Å². The van der Waals surface area contributed by atoms with E-state index in [2.05, 4.69) is 60.9 Å². The maximum atomic E-state index is 4.36. The highest BCUT2D eigenvalue weighted by Gasteiger charge is 2.14. The largest absolute Gasteiger partial charge is 0.308 e. The van der Waals surface area contributed by atoms with Crippen LogP contribution in [0.5, 0.6) is 0 Å². The first kappa shape index (κ1) is 15.2. The van der Waals surface area contributed by atoms with Crippen LogP contribution >= 0.6 is 0 Å². The topological polar surface area (TPSA) is 33.1 Å². The van der Waals surface area contributed by atoms with E-state index in [0.717, 1.165) is 26.1 Å². The third kappa shape index (κ3) is 4.78. The minimum Gasteiger partial charge on any atom is -0.308 e. The summed E-state index contributed by atoms with van der Waals surface area (Å²) in [7, 11) is 4.25. The zero-order valence-electron chi connectivity index (χ0n) is 12.5. The summed E-state index contributed by atoms with van der Waals surface area (Å²) in [6.45, 7) is 9.69. The lowest BCUT2D eigenvalue weighted by molar-refractivity contribution is 0.286. The van der Waals surface area contributed by atoms with Crippen molar-refractivity contribution in [1.29, 1.82) is 0 Å². The number of nitrogens with zero attached hydrogens (tertiary/aromatic N) is 3. The van der Waals surface area contributed by atoms with Crippen molar-refractivity contribution in [3.05, 3.63) is 18.0 Å². The van der Waals surface area contributed by atoms with Crippen LogP contribution in [0.15, 0.2) is 12.3 Å². The number of hydrogen-bond acceptors (Lipinski definition) is 3. The van der Waals surface area contributed by atoms with Gasteiger partial charge >= 0.3 is 0 Å². The summed E-state index contributed by atoms with van der Waals surface area (Å²) in [4.78, 5) is 2.24. The van der Waals surface area contributed by atoms with E-state index in [-0.39, 0.29) is 0 Å². The molecule has 1 aromatic heterocycles. The van der Waals surface area contributed by atoms with Crippen LogP contribution in [0.3, 0.4) is 0 Å². The Hall–Kier alpha value is -0.870. The predicted molar refractivity (Wildman–Crippen MR) is 76.5 cm³/mol. The molecular formula is C14H28N4. The molecule has 1 atom stereocenters. The van der Waals surface area contributed by atoms with E-state index >= 15 is 0 Å². The molecule has 1 N–H and O–H groups in total. The van der Waals surface area contributed by atoms with Crippen molar-refractivity contribution in [3.63, 3.8) is 0 Å². The fourth-order valence-electron chi connectivity index (χ4n) is 2.06. The number of likely N-dealkylation sites (N-methyl/N-ethyl adjacent to an activating group) is 1. The Labute approximate surface area is 111 Å². The summed E-state index contributed by atoms with van der Waals surface area (Å²) < 4.78 is 2.10.